The number of hydrogen-bond acceptors (Lipinski definition) is 4. The van der Waals surface area contributed by atoms with Gasteiger partial charge in [0.05, 0.1) is 12.2 Å². The van der Waals surface area contributed by atoms with Gasteiger partial charge >= 0.3 is 5.97 Å². The van der Waals surface area contributed by atoms with Crippen molar-refractivity contribution >= 4 is 27.6 Å². The summed E-state index contributed by atoms with van der Waals surface area (Å²) in [6.07, 6.45) is -1.82. The molecule has 1 aromatic rings. The summed E-state index contributed by atoms with van der Waals surface area (Å²) in [5, 5.41) is 0.153. The maximum Gasteiger partial charge on any atom is 0.357 e. The average Bonchev–Trinajstić information content (AvgIpc) is 2.28. The number of nitrogens with two attached hydrogens (primary N) is 1. The summed E-state index contributed by atoms with van der Waals surface area (Å²) >= 11 is 3.09. The predicted molar refractivity (Wildman–Crippen MR) is 62.2 cm³/mol. The van der Waals surface area contributed by atoms with Crippen LogP contribution >= 0.6 is 15.9 Å². The lowest BCUT2D eigenvalue weighted by Crippen LogP contribution is -2.13. The smallest absolute Gasteiger partial charge is 0.357 e. The molecule has 7 heteroatoms. The van der Waals surface area contributed by atoms with Gasteiger partial charge in [-0.15, -0.1) is 0 Å². The number of aromatic nitrogens is 1. The maximum absolute atomic E-state index is 12.6. The molecule has 0 saturated carbocycles. The number of carbonyl (C=O) groups is 1. The Morgan fingerprint density at radius 1 is 1.65 bits per heavy atom. The molecule has 0 aromatic carbocycles. The van der Waals surface area contributed by atoms with Crippen LogP contribution in [0.25, 0.3) is 0 Å². The molecule has 0 aliphatic carbocycles. The zero-order valence-electron chi connectivity index (χ0n) is 9.04. The first-order valence-electron chi connectivity index (χ1n) is 4.81. The maximum atomic E-state index is 12.6. The second kappa shape index (κ2) is 5.90. The summed E-state index contributed by atoms with van der Waals surface area (Å²) in [4.78, 5) is 15.2. The Balaban J connectivity index is 3.25. The van der Waals surface area contributed by atoms with Crippen LogP contribution in [0.5, 0.6) is 0 Å². The molecule has 0 saturated heterocycles. The number of halogens is 3. The summed E-state index contributed by atoms with van der Waals surface area (Å²) in [5.41, 5.74) is 5.25. The first-order valence-corrected chi connectivity index (χ1v) is 5.93. The van der Waals surface area contributed by atoms with Gasteiger partial charge in [0, 0.05) is 22.8 Å². The van der Waals surface area contributed by atoms with Crippen molar-refractivity contribution in [2.45, 2.75) is 18.7 Å². The van der Waals surface area contributed by atoms with E-state index in [4.69, 9.17) is 10.5 Å². The number of anilines is 1. The Kier molecular flexibility index (Phi) is 4.80. The highest BCUT2D eigenvalue weighted by molar-refractivity contribution is 9.08. The summed E-state index contributed by atoms with van der Waals surface area (Å²) in [5.74, 6) is -0.672. The minimum absolute atomic E-state index is 0.0365. The van der Waals surface area contributed by atoms with Gasteiger partial charge in [-0.25, -0.2) is 18.6 Å². The number of nitrogen functional groups attached to an aromatic ring is 1. The van der Waals surface area contributed by atoms with Crippen molar-refractivity contribution in [3.05, 3.63) is 23.0 Å². The van der Waals surface area contributed by atoms with Gasteiger partial charge < -0.3 is 10.5 Å². The minimum atomic E-state index is -2.73. The van der Waals surface area contributed by atoms with E-state index in [1.807, 2.05) is 0 Å². The summed E-state index contributed by atoms with van der Waals surface area (Å²) < 4.78 is 29.9. The molecule has 0 unspecified atom stereocenters. The summed E-state index contributed by atoms with van der Waals surface area (Å²) in [6, 6.07) is 0. The second-order valence-electron chi connectivity index (χ2n) is 3.11. The Labute approximate surface area is 105 Å². The lowest BCUT2D eigenvalue weighted by atomic mass is 10.1. The fourth-order valence-electron chi connectivity index (χ4n) is 1.27. The van der Waals surface area contributed by atoms with Gasteiger partial charge in [0.1, 0.15) is 0 Å². The van der Waals surface area contributed by atoms with Crippen molar-refractivity contribution in [2.75, 3.05) is 12.3 Å². The van der Waals surface area contributed by atoms with E-state index in [1.54, 1.807) is 6.92 Å². The van der Waals surface area contributed by atoms with Crippen molar-refractivity contribution in [3.8, 4) is 0 Å². The highest BCUT2D eigenvalue weighted by Crippen LogP contribution is 2.30. The fraction of sp³-hybridized carbons (Fsp3) is 0.400. The number of ether oxygens (including phenoxy) is 1. The monoisotopic (exact) mass is 308 g/mol. The zero-order valence-corrected chi connectivity index (χ0v) is 10.6. The van der Waals surface area contributed by atoms with E-state index in [-0.39, 0.29) is 34.4 Å². The standard InChI is InChI=1S/C10H11BrF2N2O2/c1-2-17-10(16)8-5(3-11)7(14)6(4-15-8)9(12)13/h4,9H,2-3H2,1H3,(H2,14,15). The van der Waals surface area contributed by atoms with Crippen molar-refractivity contribution in [1.29, 1.82) is 0 Å². The van der Waals surface area contributed by atoms with Crippen LogP contribution in [-0.4, -0.2) is 17.6 Å². The van der Waals surface area contributed by atoms with Crippen LogP contribution < -0.4 is 5.73 Å². The first kappa shape index (κ1) is 13.8. The molecule has 0 radical (unpaired) electrons. The van der Waals surface area contributed by atoms with E-state index in [9.17, 15) is 13.6 Å². The summed E-state index contributed by atoms with van der Waals surface area (Å²) in [6.45, 7) is 1.82. The van der Waals surface area contributed by atoms with Crippen LogP contribution in [0.4, 0.5) is 14.5 Å². The second-order valence-corrected chi connectivity index (χ2v) is 3.67. The van der Waals surface area contributed by atoms with Gasteiger partial charge in [0.2, 0.25) is 0 Å². The average molecular weight is 309 g/mol. The van der Waals surface area contributed by atoms with E-state index >= 15 is 0 Å². The SMILES string of the molecule is CCOC(=O)c1ncc(C(F)F)c(N)c1CBr. The van der Waals surface area contributed by atoms with Crippen LogP contribution in [0.3, 0.4) is 0 Å². The van der Waals surface area contributed by atoms with E-state index < -0.39 is 12.4 Å². The van der Waals surface area contributed by atoms with Gasteiger partial charge in [-0.2, -0.15) is 0 Å². The largest absolute Gasteiger partial charge is 0.461 e. The molecule has 0 fully saturated rings. The highest BCUT2D eigenvalue weighted by Gasteiger charge is 2.21. The Hall–Kier alpha value is -1.24. The molecule has 0 aliphatic rings. The van der Waals surface area contributed by atoms with Crippen LogP contribution in [0.1, 0.15) is 35.0 Å². The normalized spacial score (nSPS) is 10.6. The topological polar surface area (TPSA) is 65.2 Å². The molecule has 1 heterocycles. The van der Waals surface area contributed by atoms with Gasteiger partial charge in [0.25, 0.3) is 6.43 Å². The molecule has 0 bridgehead atoms. The summed E-state index contributed by atoms with van der Waals surface area (Å²) in [7, 11) is 0. The van der Waals surface area contributed by atoms with E-state index in [0.29, 0.717) is 0 Å². The van der Waals surface area contributed by atoms with Gasteiger partial charge in [-0.3, -0.25) is 0 Å². The number of alkyl halides is 3. The number of rotatable bonds is 4. The van der Waals surface area contributed by atoms with Crippen molar-refractivity contribution < 1.29 is 18.3 Å². The molecule has 1 rings (SSSR count). The van der Waals surface area contributed by atoms with Gasteiger partial charge in [0.15, 0.2) is 5.69 Å². The van der Waals surface area contributed by atoms with Gasteiger partial charge in [-0.05, 0) is 6.92 Å². The van der Waals surface area contributed by atoms with Crippen LogP contribution in [-0.2, 0) is 10.1 Å². The molecule has 2 N–H and O–H groups in total. The predicted octanol–water partition coefficient (Wildman–Crippen LogP) is 2.67. The Bertz CT molecular complexity index is 427. The molecule has 4 nitrogen and oxygen atoms in total. The van der Waals surface area contributed by atoms with Crippen LogP contribution in [0.2, 0.25) is 0 Å². The van der Waals surface area contributed by atoms with Gasteiger partial charge in [-0.1, -0.05) is 15.9 Å². The molecule has 0 spiro atoms. The molecular weight excluding hydrogens is 298 g/mol. The molecule has 94 valence electrons. The van der Waals surface area contributed by atoms with Crippen molar-refractivity contribution in [2.24, 2.45) is 0 Å². The lowest BCUT2D eigenvalue weighted by molar-refractivity contribution is 0.0518. The number of pyridine rings is 1. The van der Waals surface area contributed by atoms with Crippen molar-refractivity contribution in [3.63, 3.8) is 0 Å². The minimum Gasteiger partial charge on any atom is -0.461 e. The molecule has 0 aliphatic heterocycles. The molecule has 1 aromatic heterocycles. The Morgan fingerprint density at radius 2 is 2.29 bits per heavy atom. The highest BCUT2D eigenvalue weighted by atomic mass is 79.9. The quantitative estimate of drug-likeness (QED) is 0.686. The number of hydrogen-bond donors (Lipinski definition) is 1. The third kappa shape index (κ3) is 2.91. The fourth-order valence-corrected chi connectivity index (χ4v) is 1.84. The van der Waals surface area contributed by atoms with Crippen LogP contribution in [0.15, 0.2) is 6.20 Å². The number of nitrogens with zero attached hydrogens (tertiary/aromatic N) is 1. The lowest BCUT2D eigenvalue weighted by Gasteiger charge is -2.12. The van der Waals surface area contributed by atoms with Crippen LogP contribution in [0, 0.1) is 0 Å². The van der Waals surface area contributed by atoms with E-state index in [2.05, 4.69) is 20.9 Å². The third-order valence-electron chi connectivity index (χ3n) is 2.09. The number of carbonyl (C=O) groups excluding carboxylic acids is 1. The first-order chi connectivity index (χ1) is 8.02. The third-order valence-corrected chi connectivity index (χ3v) is 2.65. The van der Waals surface area contributed by atoms with Crippen molar-refractivity contribution in [1.82, 2.24) is 4.98 Å². The molecule has 17 heavy (non-hydrogen) atoms. The van der Waals surface area contributed by atoms with E-state index in [0.717, 1.165) is 6.20 Å². The number of esters is 1. The zero-order chi connectivity index (χ0) is 13.0. The molecular formula is C10H11BrF2N2O2. The Morgan fingerprint density at radius 3 is 2.76 bits per heavy atom. The van der Waals surface area contributed by atoms with E-state index in [1.165, 1.54) is 0 Å². The molecule has 0 amide bonds. The molecule has 0 atom stereocenters.